The molecule has 3 atom stereocenters. The molecule has 1 aromatic heterocycles. The fourth-order valence-corrected chi connectivity index (χ4v) is 2.87. The van der Waals surface area contributed by atoms with Crippen LogP contribution in [0.5, 0.6) is 0 Å². The topological polar surface area (TPSA) is 43.8 Å². The number of nitrogens with two attached hydrogens (primary N) is 1. The number of rotatable bonds is 3. The molecule has 2 N–H and O–H groups in total. The summed E-state index contributed by atoms with van der Waals surface area (Å²) in [4.78, 5) is 4.21. The van der Waals surface area contributed by atoms with E-state index in [1.54, 1.807) is 0 Å². The summed E-state index contributed by atoms with van der Waals surface area (Å²) < 4.78 is 2.24. The lowest BCUT2D eigenvalue weighted by Gasteiger charge is -2.27. The highest BCUT2D eigenvalue weighted by Crippen LogP contribution is 2.30. The van der Waals surface area contributed by atoms with E-state index in [1.807, 2.05) is 19.4 Å². The lowest BCUT2D eigenvalue weighted by atomic mass is 9.82. The molecular weight excluding hydrogens is 198 g/mol. The van der Waals surface area contributed by atoms with Gasteiger partial charge in [0.25, 0.3) is 0 Å². The van der Waals surface area contributed by atoms with Crippen LogP contribution in [-0.2, 0) is 6.54 Å². The van der Waals surface area contributed by atoms with Gasteiger partial charge in [-0.05, 0) is 31.6 Å². The van der Waals surface area contributed by atoms with Gasteiger partial charge in [-0.1, -0.05) is 19.8 Å². The summed E-state index contributed by atoms with van der Waals surface area (Å²) in [7, 11) is 0. The van der Waals surface area contributed by atoms with E-state index in [0.717, 1.165) is 18.4 Å². The first-order valence-electron chi connectivity index (χ1n) is 6.42. The minimum atomic E-state index is 0.0866. The smallest absolute Gasteiger partial charge is 0.0948 e. The molecule has 1 fully saturated rings. The van der Waals surface area contributed by atoms with Crippen LogP contribution in [0.25, 0.3) is 0 Å². The van der Waals surface area contributed by atoms with Crippen LogP contribution in [0.2, 0.25) is 0 Å². The van der Waals surface area contributed by atoms with E-state index in [9.17, 15) is 0 Å². The molecule has 1 aliphatic carbocycles. The zero-order valence-electron chi connectivity index (χ0n) is 10.4. The standard InChI is InChI=1S/C13H23N3/c1-10-4-3-5-12(6-10)8-16-9-15-7-13(16)11(2)14/h7,9-12H,3-6,8,14H2,1-2H3/t10?,11-,12?/m0/s1. The Kier molecular flexibility index (Phi) is 3.64. The largest absolute Gasteiger partial charge is 0.333 e. The van der Waals surface area contributed by atoms with Crippen LogP contribution in [-0.4, -0.2) is 9.55 Å². The molecule has 0 aromatic carbocycles. The normalized spacial score (nSPS) is 27.9. The minimum Gasteiger partial charge on any atom is -0.333 e. The molecular formula is C13H23N3. The van der Waals surface area contributed by atoms with E-state index in [2.05, 4.69) is 16.5 Å². The fraction of sp³-hybridized carbons (Fsp3) is 0.769. The maximum absolute atomic E-state index is 5.93. The molecule has 0 radical (unpaired) electrons. The van der Waals surface area contributed by atoms with Crippen molar-refractivity contribution in [1.82, 2.24) is 9.55 Å². The lowest BCUT2D eigenvalue weighted by molar-refractivity contribution is 0.254. The summed E-state index contributed by atoms with van der Waals surface area (Å²) >= 11 is 0. The monoisotopic (exact) mass is 221 g/mol. The average molecular weight is 221 g/mol. The van der Waals surface area contributed by atoms with E-state index in [1.165, 1.54) is 31.4 Å². The number of aromatic nitrogens is 2. The van der Waals surface area contributed by atoms with E-state index in [4.69, 9.17) is 5.73 Å². The summed E-state index contributed by atoms with van der Waals surface area (Å²) in [5.74, 6) is 1.71. The maximum atomic E-state index is 5.93. The van der Waals surface area contributed by atoms with Crippen molar-refractivity contribution in [2.75, 3.05) is 0 Å². The predicted octanol–water partition coefficient (Wildman–Crippen LogP) is 2.73. The predicted molar refractivity (Wildman–Crippen MR) is 66.0 cm³/mol. The quantitative estimate of drug-likeness (QED) is 0.853. The van der Waals surface area contributed by atoms with Gasteiger partial charge in [0.05, 0.1) is 12.0 Å². The van der Waals surface area contributed by atoms with Gasteiger partial charge in [-0.15, -0.1) is 0 Å². The van der Waals surface area contributed by atoms with Crippen LogP contribution >= 0.6 is 0 Å². The minimum absolute atomic E-state index is 0.0866. The molecule has 2 unspecified atom stereocenters. The molecule has 90 valence electrons. The van der Waals surface area contributed by atoms with E-state index < -0.39 is 0 Å². The van der Waals surface area contributed by atoms with Gasteiger partial charge in [-0.3, -0.25) is 0 Å². The second-order valence-electron chi connectivity index (χ2n) is 5.40. The van der Waals surface area contributed by atoms with Gasteiger partial charge in [0.1, 0.15) is 0 Å². The highest BCUT2D eigenvalue weighted by molar-refractivity contribution is 5.03. The van der Waals surface area contributed by atoms with Crippen molar-refractivity contribution in [3.8, 4) is 0 Å². The summed E-state index contributed by atoms with van der Waals surface area (Å²) in [5.41, 5.74) is 7.10. The number of imidazole rings is 1. The van der Waals surface area contributed by atoms with Gasteiger partial charge in [0.15, 0.2) is 0 Å². The SMILES string of the molecule is CC1CCCC(Cn2cncc2[C@H](C)N)C1. The van der Waals surface area contributed by atoms with Crippen molar-refractivity contribution < 1.29 is 0 Å². The molecule has 16 heavy (non-hydrogen) atoms. The summed E-state index contributed by atoms with van der Waals surface area (Å²) in [5, 5.41) is 0. The maximum Gasteiger partial charge on any atom is 0.0948 e. The first kappa shape index (κ1) is 11.6. The van der Waals surface area contributed by atoms with Crippen LogP contribution in [0.1, 0.15) is 51.3 Å². The van der Waals surface area contributed by atoms with Crippen molar-refractivity contribution in [2.45, 2.75) is 52.1 Å². The molecule has 0 amide bonds. The second-order valence-corrected chi connectivity index (χ2v) is 5.40. The third-order valence-electron chi connectivity index (χ3n) is 3.71. The van der Waals surface area contributed by atoms with Gasteiger partial charge >= 0.3 is 0 Å². The molecule has 3 nitrogen and oxygen atoms in total. The zero-order chi connectivity index (χ0) is 11.5. The molecule has 2 rings (SSSR count). The van der Waals surface area contributed by atoms with Crippen molar-refractivity contribution in [3.05, 3.63) is 18.2 Å². The van der Waals surface area contributed by atoms with Crippen LogP contribution in [0.3, 0.4) is 0 Å². The van der Waals surface area contributed by atoms with Crippen LogP contribution in [0.4, 0.5) is 0 Å². The first-order chi connectivity index (χ1) is 7.66. The summed E-state index contributed by atoms with van der Waals surface area (Å²) in [6.07, 6.45) is 9.33. The zero-order valence-corrected chi connectivity index (χ0v) is 10.4. The van der Waals surface area contributed by atoms with E-state index in [0.29, 0.717) is 0 Å². The third kappa shape index (κ3) is 2.64. The third-order valence-corrected chi connectivity index (χ3v) is 3.71. The summed E-state index contributed by atoms with van der Waals surface area (Å²) in [6, 6.07) is 0.0866. The first-order valence-corrected chi connectivity index (χ1v) is 6.42. The Labute approximate surface area is 98.1 Å². The Morgan fingerprint density at radius 3 is 3.06 bits per heavy atom. The van der Waals surface area contributed by atoms with Crippen molar-refractivity contribution >= 4 is 0 Å². The van der Waals surface area contributed by atoms with Gasteiger partial charge in [-0.25, -0.2) is 4.98 Å². The molecule has 0 aliphatic heterocycles. The molecule has 1 aromatic rings. The molecule has 1 saturated carbocycles. The average Bonchev–Trinajstić information content (AvgIpc) is 2.66. The van der Waals surface area contributed by atoms with Crippen LogP contribution in [0, 0.1) is 11.8 Å². The van der Waals surface area contributed by atoms with E-state index in [-0.39, 0.29) is 6.04 Å². The van der Waals surface area contributed by atoms with Crippen molar-refractivity contribution in [2.24, 2.45) is 17.6 Å². The fourth-order valence-electron chi connectivity index (χ4n) is 2.87. The number of hydrogen-bond acceptors (Lipinski definition) is 2. The summed E-state index contributed by atoms with van der Waals surface area (Å²) in [6.45, 7) is 5.49. The highest BCUT2D eigenvalue weighted by atomic mass is 15.1. The van der Waals surface area contributed by atoms with E-state index >= 15 is 0 Å². The van der Waals surface area contributed by atoms with Gasteiger partial charge in [0, 0.05) is 18.8 Å². The molecule has 1 aliphatic rings. The van der Waals surface area contributed by atoms with Crippen molar-refractivity contribution in [1.29, 1.82) is 0 Å². The molecule has 1 heterocycles. The molecule has 3 heteroatoms. The Morgan fingerprint density at radius 2 is 2.38 bits per heavy atom. The van der Waals surface area contributed by atoms with Crippen LogP contribution in [0.15, 0.2) is 12.5 Å². The molecule has 0 saturated heterocycles. The van der Waals surface area contributed by atoms with Crippen LogP contribution < -0.4 is 5.73 Å². The van der Waals surface area contributed by atoms with Gasteiger partial charge in [0.2, 0.25) is 0 Å². The van der Waals surface area contributed by atoms with Gasteiger partial charge < -0.3 is 10.3 Å². The number of nitrogens with zero attached hydrogens (tertiary/aromatic N) is 2. The van der Waals surface area contributed by atoms with Crippen molar-refractivity contribution in [3.63, 3.8) is 0 Å². The van der Waals surface area contributed by atoms with Gasteiger partial charge in [-0.2, -0.15) is 0 Å². The Hall–Kier alpha value is -0.830. The second kappa shape index (κ2) is 5.00. The Morgan fingerprint density at radius 1 is 1.56 bits per heavy atom. The lowest BCUT2D eigenvalue weighted by Crippen LogP contribution is -2.21. The molecule has 0 spiro atoms. The number of hydrogen-bond donors (Lipinski definition) is 1. The Bertz CT molecular complexity index is 330. The highest BCUT2D eigenvalue weighted by Gasteiger charge is 2.20. The molecule has 0 bridgehead atoms. The Balaban J connectivity index is 2.00.